The zero-order valence-corrected chi connectivity index (χ0v) is 15.0. The van der Waals surface area contributed by atoms with Crippen LogP contribution >= 0.6 is 0 Å². The lowest BCUT2D eigenvalue weighted by molar-refractivity contribution is -0.141. The van der Waals surface area contributed by atoms with Crippen LogP contribution in [0.25, 0.3) is 10.8 Å². The predicted molar refractivity (Wildman–Crippen MR) is 97.6 cm³/mol. The Morgan fingerprint density at radius 2 is 1.76 bits per heavy atom. The SMILES string of the molecule is COC(=O)C(CNC(=O)OC(C)(C)C)Nc1ccc2ccccc2c1. The van der Waals surface area contributed by atoms with Gasteiger partial charge < -0.3 is 20.1 Å². The fourth-order valence-corrected chi connectivity index (χ4v) is 2.32. The second kappa shape index (κ2) is 7.88. The van der Waals surface area contributed by atoms with E-state index in [1.165, 1.54) is 7.11 Å². The highest BCUT2D eigenvalue weighted by molar-refractivity contribution is 5.87. The number of amides is 1. The van der Waals surface area contributed by atoms with Crippen LogP contribution < -0.4 is 10.6 Å². The highest BCUT2D eigenvalue weighted by Gasteiger charge is 2.22. The van der Waals surface area contributed by atoms with Crippen molar-refractivity contribution in [1.82, 2.24) is 5.32 Å². The second-order valence-electron chi connectivity index (χ2n) is 6.66. The molecule has 0 spiro atoms. The Labute approximate surface area is 147 Å². The average Bonchev–Trinajstić information content (AvgIpc) is 2.56. The number of rotatable bonds is 5. The molecule has 0 aromatic heterocycles. The number of carbonyl (C=O) groups excluding carboxylic acids is 2. The van der Waals surface area contributed by atoms with Gasteiger partial charge >= 0.3 is 12.1 Å². The number of hydrogen-bond donors (Lipinski definition) is 2. The van der Waals surface area contributed by atoms with Gasteiger partial charge in [-0.2, -0.15) is 0 Å². The maximum absolute atomic E-state index is 12.0. The Balaban J connectivity index is 2.06. The summed E-state index contributed by atoms with van der Waals surface area (Å²) in [5, 5.41) is 7.84. The van der Waals surface area contributed by atoms with E-state index in [2.05, 4.69) is 10.6 Å². The van der Waals surface area contributed by atoms with Gasteiger partial charge in [0.15, 0.2) is 0 Å². The summed E-state index contributed by atoms with van der Waals surface area (Å²) in [5.74, 6) is -0.468. The molecule has 134 valence electrons. The topological polar surface area (TPSA) is 76.7 Å². The molecule has 0 fully saturated rings. The summed E-state index contributed by atoms with van der Waals surface area (Å²) in [5.41, 5.74) is 0.163. The van der Waals surface area contributed by atoms with Crippen molar-refractivity contribution in [3.63, 3.8) is 0 Å². The highest BCUT2D eigenvalue weighted by Crippen LogP contribution is 2.19. The van der Waals surface area contributed by atoms with Crippen LogP contribution in [0.1, 0.15) is 20.8 Å². The van der Waals surface area contributed by atoms with Crippen LogP contribution in [-0.4, -0.2) is 37.4 Å². The number of anilines is 1. The molecule has 0 aliphatic rings. The smallest absolute Gasteiger partial charge is 0.407 e. The molecular weight excluding hydrogens is 320 g/mol. The Morgan fingerprint density at radius 3 is 2.40 bits per heavy atom. The standard InChI is InChI=1S/C19H24N2O4/c1-19(2,3)25-18(23)20-12-16(17(22)24-4)21-15-10-9-13-7-5-6-8-14(13)11-15/h5-11,16,21H,12H2,1-4H3,(H,20,23). The van der Waals surface area contributed by atoms with E-state index in [1.54, 1.807) is 20.8 Å². The summed E-state index contributed by atoms with van der Waals surface area (Å²) >= 11 is 0. The van der Waals surface area contributed by atoms with Crippen molar-refractivity contribution in [2.75, 3.05) is 19.0 Å². The van der Waals surface area contributed by atoms with Crippen LogP contribution in [0.4, 0.5) is 10.5 Å². The number of fused-ring (bicyclic) bond motifs is 1. The van der Waals surface area contributed by atoms with Crippen LogP contribution in [0.3, 0.4) is 0 Å². The van der Waals surface area contributed by atoms with Gasteiger partial charge in [-0.15, -0.1) is 0 Å². The number of ether oxygens (including phenoxy) is 2. The van der Waals surface area contributed by atoms with E-state index in [0.29, 0.717) is 0 Å². The van der Waals surface area contributed by atoms with Gasteiger partial charge in [-0.25, -0.2) is 9.59 Å². The Bertz CT molecular complexity index is 752. The van der Waals surface area contributed by atoms with Crippen LogP contribution in [-0.2, 0) is 14.3 Å². The first-order chi connectivity index (χ1) is 11.8. The molecule has 0 radical (unpaired) electrons. The normalized spacial score (nSPS) is 12.3. The molecule has 0 aliphatic carbocycles. The predicted octanol–water partition coefficient (Wildman–Crippen LogP) is 3.32. The number of esters is 1. The summed E-state index contributed by atoms with van der Waals surface area (Å²) in [6.07, 6.45) is -0.582. The molecule has 2 aromatic rings. The van der Waals surface area contributed by atoms with Crippen molar-refractivity contribution in [2.24, 2.45) is 0 Å². The summed E-state index contributed by atoms with van der Waals surface area (Å²) in [4.78, 5) is 23.8. The van der Waals surface area contributed by atoms with Gasteiger partial charge in [-0.1, -0.05) is 30.3 Å². The fraction of sp³-hybridized carbons (Fsp3) is 0.368. The summed E-state index contributed by atoms with van der Waals surface area (Å²) in [6, 6.07) is 13.0. The fourth-order valence-electron chi connectivity index (χ4n) is 2.32. The molecule has 2 N–H and O–H groups in total. The quantitative estimate of drug-likeness (QED) is 0.814. The number of nitrogens with one attached hydrogen (secondary N) is 2. The number of benzene rings is 2. The Morgan fingerprint density at radius 1 is 1.08 bits per heavy atom. The van der Waals surface area contributed by atoms with Gasteiger partial charge in [-0.3, -0.25) is 0 Å². The third kappa shape index (κ3) is 5.67. The maximum atomic E-state index is 12.0. The summed E-state index contributed by atoms with van der Waals surface area (Å²) < 4.78 is 9.99. The minimum absolute atomic E-state index is 0.0500. The van der Waals surface area contributed by atoms with Crippen molar-refractivity contribution in [1.29, 1.82) is 0 Å². The van der Waals surface area contributed by atoms with Crippen molar-refractivity contribution >= 4 is 28.5 Å². The maximum Gasteiger partial charge on any atom is 0.407 e. The first-order valence-corrected chi connectivity index (χ1v) is 8.08. The highest BCUT2D eigenvalue weighted by atomic mass is 16.6. The van der Waals surface area contributed by atoms with Crippen molar-refractivity contribution in [3.05, 3.63) is 42.5 Å². The minimum atomic E-state index is -0.723. The van der Waals surface area contributed by atoms with Crippen molar-refractivity contribution in [3.8, 4) is 0 Å². The van der Waals surface area contributed by atoms with E-state index in [1.807, 2.05) is 42.5 Å². The van der Waals surface area contributed by atoms with Gasteiger partial charge in [-0.05, 0) is 43.7 Å². The van der Waals surface area contributed by atoms with E-state index in [4.69, 9.17) is 9.47 Å². The minimum Gasteiger partial charge on any atom is -0.467 e. The van der Waals surface area contributed by atoms with Gasteiger partial charge in [0, 0.05) is 5.69 Å². The van der Waals surface area contributed by atoms with E-state index < -0.39 is 23.7 Å². The Kier molecular flexibility index (Phi) is 5.85. The summed E-state index contributed by atoms with van der Waals surface area (Å²) in [7, 11) is 1.31. The van der Waals surface area contributed by atoms with E-state index in [0.717, 1.165) is 16.5 Å². The molecule has 6 heteroatoms. The molecule has 1 atom stereocenters. The zero-order valence-electron chi connectivity index (χ0n) is 15.0. The molecule has 0 aliphatic heterocycles. The lowest BCUT2D eigenvalue weighted by Crippen LogP contribution is -2.43. The molecule has 0 saturated heterocycles. The first-order valence-electron chi connectivity index (χ1n) is 8.08. The van der Waals surface area contributed by atoms with Crippen molar-refractivity contribution in [2.45, 2.75) is 32.4 Å². The van der Waals surface area contributed by atoms with Crippen LogP contribution in [0.5, 0.6) is 0 Å². The molecule has 1 amide bonds. The molecule has 25 heavy (non-hydrogen) atoms. The van der Waals surface area contributed by atoms with Crippen LogP contribution in [0.2, 0.25) is 0 Å². The van der Waals surface area contributed by atoms with Crippen LogP contribution in [0.15, 0.2) is 42.5 Å². The monoisotopic (exact) mass is 344 g/mol. The molecular formula is C19H24N2O4. The molecule has 2 aromatic carbocycles. The van der Waals surface area contributed by atoms with Gasteiger partial charge in [0.1, 0.15) is 11.6 Å². The molecule has 1 unspecified atom stereocenters. The molecule has 0 saturated carbocycles. The lowest BCUT2D eigenvalue weighted by atomic mass is 10.1. The van der Waals surface area contributed by atoms with E-state index in [9.17, 15) is 9.59 Å². The number of methoxy groups -OCH3 is 1. The molecule has 0 heterocycles. The molecule has 0 bridgehead atoms. The lowest BCUT2D eigenvalue weighted by Gasteiger charge is -2.22. The van der Waals surface area contributed by atoms with E-state index in [-0.39, 0.29) is 6.54 Å². The number of hydrogen-bond acceptors (Lipinski definition) is 5. The van der Waals surface area contributed by atoms with Crippen LogP contribution in [0, 0.1) is 0 Å². The molecule has 6 nitrogen and oxygen atoms in total. The third-order valence-corrected chi connectivity index (χ3v) is 3.43. The zero-order chi connectivity index (χ0) is 18.4. The first kappa shape index (κ1) is 18.6. The summed E-state index contributed by atoms with van der Waals surface area (Å²) in [6.45, 7) is 5.38. The van der Waals surface area contributed by atoms with Crippen molar-refractivity contribution < 1.29 is 19.1 Å². The van der Waals surface area contributed by atoms with Gasteiger partial charge in [0.25, 0.3) is 0 Å². The number of alkyl carbamates (subject to hydrolysis) is 1. The van der Waals surface area contributed by atoms with Gasteiger partial charge in [0.05, 0.1) is 13.7 Å². The average molecular weight is 344 g/mol. The molecule has 2 rings (SSSR count). The Hall–Kier alpha value is -2.76. The largest absolute Gasteiger partial charge is 0.467 e. The number of carbonyl (C=O) groups is 2. The van der Waals surface area contributed by atoms with Gasteiger partial charge in [0.2, 0.25) is 0 Å². The second-order valence-corrected chi connectivity index (χ2v) is 6.66. The van der Waals surface area contributed by atoms with E-state index >= 15 is 0 Å². The third-order valence-electron chi connectivity index (χ3n) is 3.43.